The molecule has 3 rings (SSSR count). The molecule has 0 unspecified atom stereocenters. The maximum Gasteiger partial charge on any atom is 0.274 e. The second kappa shape index (κ2) is 7.09. The van der Waals surface area contributed by atoms with Crippen LogP contribution in [0.1, 0.15) is 16.1 Å². The maximum absolute atomic E-state index is 13.6. The van der Waals surface area contributed by atoms with Crippen LogP contribution in [0.5, 0.6) is 0 Å². The van der Waals surface area contributed by atoms with Crippen molar-refractivity contribution in [1.29, 1.82) is 0 Å². The standard InChI is InChI=1S/C19H15F2N3O/c1-12-4-2-5-13(10-12)24-19(25)17-9-8-14(11-22-17)23-18-15(20)6-3-7-16(18)21/h2-11,23H,1H3,(H,24,25). The minimum absolute atomic E-state index is 0.195. The minimum Gasteiger partial charge on any atom is -0.349 e. The number of pyridine rings is 1. The van der Waals surface area contributed by atoms with E-state index in [0.29, 0.717) is 11.4 Å². The molecular formula is C19H15F2N3O. The van der Waals surface area contributed by atoms with Crippen LogP contribution in [0, 0.1) is 18.6 Å². The largest absolute Gasteiger partial charge is 0.349 e. The third kappa shape index (κ3) is 3.98. The predicted octanol–water partition coefficient (Wildman–Crippen LogP) is 4.66. The molecule has 0 fully saturated rings. The normalized spacial score (nSPS) is 10.4. The highest BCUT2D eigenvalue weighted by Crippen LogP contribution is 2.22. The number of amides is 1. The van der Waals surface area contributed by atoms with Gasteiger partial charge in [0.1, 0.15) is 23.0 Å². The van der Waals surface area contributed by atoms with Gasteiger partial charge in [0.15, 0.2) is 0 Å². The molecular weight excluding hydrogens is 324 g/mol. The van der Waals surface area contributed by atoms with Gasteiger partial charge in [-0.15, -0.1) is 0 Å². The van der Waals surface area contributed by atoms with Crippen molar-refractivity contribution in [2.24, 2.45) is 0 Å². The Balaban J connectivity index is 1.72. The van der Waals surface area contributed by atoms with Crippen molar-refractivity contribution in [2.45, 2.75) is 6.92 Å². The fraction of sp³-hybridized carbons (Fsp3) is 0.0526. The van der Waals surface area contributed by atoms with Crippen LogP contribution in [0.25, 0.3) is 0 Å². The number of aromatic nitrogens is 1. The lowest BCUT2D eigenvalue weighted by Crippen LogP contribution is -2.13. The Bertz CT molecular complexity index is 891. The number of nitrogens with zero attached hydrogens (tertiary/aromatic N) is 1. The summed E-state index contributed by atoms with van der Waals surface area (Å²) in [5, 5.41) is 5.36. The fourth-order valence-electron chi connectivity index (χ4n) is 2.28. The number of para-hydroxylation sites is 1. The molecule has 6 heteroatoms. The van der Waals surface area contributed by atoms with Crippen molar-refractivity contribution >= 4 is 23.0 Å². The number of benzene rings is 2. The summed E-state index contributed by atoms with van der Waals surface area (Å²) < 4.78 is 27.3. The van der Waals surface area contributed by atoms with E-state index in [1.54, 1.807) is 6.07 Å². The molecule has 0 saturated carbocycles. The quantitative estimate of drug-likeness (QED) is 0.727. The lowest BCUT2D eigenvalue weighted by atomic mass is 10.2. The molecule has 0 aliphatic heterocycles. The molecule has 1 heterocycles. The summed E-state index contributed by atoms with van der Waals surface area (Å²) in [6.45, 7) is 1.93. The third-order valence-electron chi connectivity index (χ3n) is 3.50. The number of nitrogens with one attached hydrogen (secondary N) is 2. The maximum atomic E-state index is 13.6. The van der Waals surface area contributed by atoms with Crippen molar-refractivity contribution in [3.63, 3.8) is 0 Å². The van der Waals surface area contributed by atoms with Gasteiger partial charge in [0.05, 0.1) is 11.9 Å². The predicted molar refractivity (Wildman–Crippen MR) is 93.0 cm³/mol. The van der Waals surface area contributed by atoms with Crippen molar-refractivity contribution in [1.82, 2.24) is 4.98 Å². The number of aryl methyl sites for hydroxylation is 1. The fourth-order valence-corrected chi connectivity index (χ4v) is 2.28. The molecule has 0 aliphatic carbocycles. The van der Waals surface area contributed by atoms with E-state index < -0.39 is 11.6 Å². The van der Waals surface area contributed by atoms with Gasteiger partial charge in [0, 0.05) is 5.69 Å². The van der Waals surface area contributed by atoms with Gasteiger partial charge >= 0.3 is 0 Å². The topological polar surface area (TPSA) is 54.0 Å². The molecule has 0 bridgehead atoms. The van der Waals surface area contributed by atoms with Crippen LogP contribution in [0.3, 0.4) is 0 Å². The number of halogens is 2. The van der Waals surface area contributed by atoms with Gasteiger partial charge in [-0.2, -0.15) is 0 Å². The molecule has 3 aromatic rings. The van der Waals surface area contributed by atoms with Gasteiger partial charge in [-0.1, -0.05) is 18.2 Å². The molecule has 126 valence electrons. The molecule has 2 N–H and O–H groups in total. The SMILES string of the molecule is Cc1cccc(NC(=O)c2ccc(Nc3c(F)cccc3F)cn2)c1. The Morgan fingerprint density at radius 3 is 2.32 bits per heavy atom. The van der Waals surface area contributed by atoms with E-state index >= 15 is 0 Å². The summed E-state index contributed by atoms with van der Waals surface area (Å²) in [7, 11) is 0. The Kier molecular flexibility index (Phi) is 4.70. The second-order valence-corrected chi connectivity index (χ2v) is 5.48. The summed E-state index contributed by atoms with van der Waals surface area (Å²) in [5.74, 6) is -1.78. The minimum atomic E-state index is -0.707. The smallest absolute Gasteiger partial charge is 0.274 e. The van der Waals surface area contributed by atoms with E-state index in [1.165, 1.54) is 24.4 Å². The average Bonchev–Trinajstić information content (AvgIpc) is 2.59. The van der Waals surface area contributed by atoms with Gasteiger partial charge in [-0.05, 0) is 48.9 Å². The zero-order valence-electron chi connectivity index (χ0n) is 13.4. The number of carbonyl (C=O) groups excluding carboxylic acids is 1. The zero-order valence-corrected chi connectivity index (χ0v) is 13.4. The van der Waals surface area contributed by atoms with Crippen LogP contribution in [0.4, 0.5) is 25.8 Å². The summed E-state index contributed by atoms with van der Waals surface area (Å²) >= 11 is 0. The molecule has 0 spiro atoms. The Morgan fingerprint density at radius 2 is 1.68 bits per heavy atom. The lowest BCUT2D eigenvalue weighted by Gasteiger charge is -2.09. The van der Waals surface area contributed by atoms with Crippen molar-refractivity contribution in [2.75, 3.05) is 10.6 Å². The van der Waals surface area contributed by atoms with E-state index in [-0.39, 0.29) is 17.3 Å². The van der Waals surface area contributed by atoms with E-state index in [0.717, 1.165) is 17.7 Å². The van der Waals surface area contributed by atoms with Crippen molar-refractivity contribution in [3.05, 3.63) is 83.7 Å². The highest BCUT2D eigenvalue weighted by atomic mass is 19.1. The van der Waals surface area contributed by atoms with Crippen LogP contribution in [-0.4, -0.2) is 10.9 Å². The zero-order chi connectivity index (χ0) is 17.8. The summed E-state index contributed by atoms with van der Waals surface area (Å²) in [4.78, 5) is 16.2. The molecule has 0 atom stereocenters. The van der Waals surface area contributed by atoms with Gasteiger partial charge < -0.3 is 10.6 Å². The first-order valence-corrected chi connectivity index (χ1v) is 7.58. The van der Waals surface area contributed by atoms with Gasteiger partial charge in [-0.25, -0.2) is 13.8 Å². The first-order chi connectivity index (χ1) is 12.0. The molecule has 0 radical (unpaired) electrons. The van der Waals surface area contributed by atoms with Crippen molar-refractivity contribution in [3.8, 4) is 0 Å². The third-order valence-corrected chi connectivity index (χ3v) is 3.50. The average molecular weight is 339 g/mol. The van der Waals surface area contributed by atoms with Gasteiger partial charge in [-0.3, -0.25) is 4.79 Å². The van der Waals surface area contributed by atoms with E-state index in [9.17, 15) is 13.6 Å². The summed E-state index contributed by atoms with van der Waals surface area (Å²) in [5.41, 5.74) is 2.00. The van der Waals surface area contributed by atoms with Gasteiger partial charge in [0.2, 0.25) is 0 Å². The highest BCUT2D eigenvalue weighted by molar-refractivity contribution is 6.03. The molecule has 4 nitrogen and oxygen atoms in total. The van der Waals surface area contributed by atoms with Gasteiger partial charge in [0.25, 0.3) is 5.91 Å². The van der Waals surface area contributed by atoms with Crippen molar-refractivity contribution < 1.29 is 13.6 Å². The summed E-state index contributed by atoms with van der Waals surface area (Å²) in [6, 6.07) is 14.0. The van der Waals surface area contributed by atoms with Crippen LogP contribution < -0.4 is 10.6 Å². The van der Waals surface area contributed by atoms with Crippen LogP contribution in [0.15, 0.2) is 60.8 Å². The van der Waals surface area contributed by atoms with E-state index in [2.05, 4.69) is 15.6 Å². The van der Waals surface area contributed by atoms with Crippen LogP contribution in [0.2, 0.25) is 0 Å². The Morgan fingerprint density at radius 1 is 0.960 bits per heavy atom. The molecule has 0 aliphatic rings. The number of hydrogen-bond acceptors (Lipinski definition) is 3. The molecule has 1 amide bonds. The lowest BCUT2D eigenvalue weighted by molar-refractivity contribution is 0.102. The van der Waals surface area contributed by atoms with Crippen LogP contribution in [-0.2, 0) is 0 Å². The molecule has 25 heavy (non-hydrogen) atoms. The summed E-state index contributed by atoms with van der Waals surface area (Å²) in [6.07, 6.45) is 1.34. The van der Waals surface area contributed by atoms with Crippen LogP contribution >= 0.6 is 0 Å². The Hall–Kier alpha value is -3.28. The first-order valence-electron chi connectivity index (χ1n) is 7.58. The number of anilines is 3. The number of carbonyl (C=O) groups is 1. The number of hydrogen-bond donors (Lipinski definition) is 2. The Labute approximate surface area is 143 Å². The molecule has 0 saturated heterocycles. The molecule has 2 aromatic carbocycles. The monoisotopic (exact) mass is 339 g/mol. The molecule has 1 aromatic heterocycles. The highest BCUT2D eigenvalue weighted by Gasteiger charge is 2.11. The second-order valence-electron chi connectivity index (χ2n) is 5.48. The van der Waals surface area contributed by atoms with E-state index in [1.807, 2.05) is 25.1 Å². The van der Waals surface area contributed by atoms with E-state index in [4.69, 9.17) is 0 Å². The first kappa shape index (κ1) is 16.6. The number of rotatable bonds is 4.